The Morgan fingerprint density at radius 1 is 1.45 bits per heavy atom. The standard InChI is InChI=1S/C13H15Cl2N3O2/c1-8-2-3-9(14)13(12(8)15)17-11(20)7-18-5-4-16-10(19)6-18/h2-3H,4-7H2,1H3,(H,16,19)(H,17,20)/p+1. The molecule has 0 saturated carbocycles. The summed E-state index contributed by atoms with van der Waals surface area (Å²) in [5.41, 5.74) is 1.27. The first-order valence-electron chi connectivity index (χ1n) is 6.32. The average molecular weight is 317 g/mol. The average Bonchev–Trinajstić information content (AvgIpc) is 2.39. The topological polar surface area (TPSA) is 62.6 Å². The van der Waals surface area contributed by atoms with Gasteiger partial charge in [0.05, 0.1) is 28.8 Å². The number of carbonyl (C=O) groups is 2. The van der Waals surface area contributed by atoms with Crippen molar-refractivity contribution in [1.82, 2.24) is 5.32 Å². The van der Waals surface area contributed by atoms with E-state index in [1.54, 1.807) is 12.1 Å². The van der Waals surface area contributed by atoms with Crippen molar-refractivity contribution in [3.63, 3.8) is 0 Å². The molecule has 5 nitrogen and oxygen atoms in total. The van der Waals surface area contributed by atoms with Crippen molar-refractivity contribution in [1.29, 1.82) is 0 Å². The van der Waals surface area contributed by atoms with Gasteiger partial charge in [0.2, 0.25) is 0 Å². The zero-order valence-corrected chi connectivity index (χ0v) is 12.6. The third kappa shape index (κ3) is 3.62. The molecular formula is C13H16Cl2N3O2+. The number of rotatable bonds is 3. The summed E-state index contributed by atoms with van der Waals surface area (Å²) in [7, 11) is 0. The lowest BCUT2D eigenvalue weighted by Gasteiger charge is -2.23. The van der Waals surface area contributed by atoms with Crippen molar-refractivity contribution < 1.29 is 14.5 Å². The molecule has 1 atom stereocenters. The van der Waals surface area contributed by atoms with E-state index in [1.807, 2.05) is 6.92 Å². The van der Waals surface area contributed by atoms with Crippen molar-refractivity contribution in [3.05, 3.63) is 27.7 Å². The van der Waals surface area contributed by atoms with E-state index in [0.29, 0.717) is 28.8 Å². The summed E-state index contributed by atoms with van der Waals surface area (Å²) in [6, 6.07) is 3.49. The van der Waals surface area contributed by atoms with Crippen LogP contribution in [0.1, 0.15) is 5.56 Å². The third-order valence-corrected chi connectivity index (χ3v) is 3.97. The zero-order chi connectivity index (χ0) is 14.7. The Morgan fingerprint density at radius 2 is 2.20 bits per heavy atom. The highest BCUT2D eigenvalue weighted by Crippen LogP contribution is 2.32. The predicted octanol–water partition coefficient (Wildman–Crippen LogP) is 0.255. The van der Waals surface area contributed by atoms with Gasteiger partial charge in [-0.3, -0.25) is 9.59 Å². The van der Waals surface area contributed by atoms with Gasteiger partial charge in [0.1, 0.15) is 0 Å². The van der Waals surface area contributed by atoms with Crippen molar-refractivity contribution >= 4 is 40.7 Å². The second kappa shape index (κ2) is 6.43. The number of hydrogen-bond donors (Lipinski definition) is 3. The number of carbonyl (C=O) groups excluding carboxylic acids is 2. The lowest BCUT2D eigenvalue weighted by Crippen LogP contribution is -3.16. The number of benzene rings is 1. The number of amides is 2. The van der Waals surface area contributed by atoms with E-state index >= 15 is 0 Å². The molecule has 1 heterocycles. The van der Waals surface area contributed by atoms with Gasteiger partial charge in [0.25, 0.3) is 11.8 Å². The summed E-state index contributed by atoms with van der Waals surface area (Å²) in [4.78, 5) is 24.2. The SMILES string of the molecule is Cc1ccc(Cl)c(NC(=O)C[NH+]2CCNC(=O)C2)c1Cl. The molecule has 0 bridgehead atoms. The highest BCUT2D eigenvalue weighted by Gasteiger charge is 2.23. The molecule has 0 aliphatic carbocycles. The lowest BCUT2D eigenvalue weighted by atomic mass is 10.2. The molecule has 7 heteroatoms. The van der Waals surface area contributed by atoms with Crippen LogP contribution in [0.3, 0.4) is 0 Å². The van der Waals surface area contributed by atoms with Crippen LogP contribution < -0.4 is 15.5 Å². The Labute approximate surface area is 127 Å². The van der Waals surface area contributed by atoms with Crippen molar-refractivity contribution in [2.45, 2.75) is 6.92 Å². The summed E-state index contributed by atoms with van der Waals surface area (Å²) in [5.74, 6) is -0.241. The van der Waals surface area contributed by atoms with Gasteiger partial charge in [-0.15, -0.1) is 0 Å². The van der Waals surface area contributed by atoms with E-state index < -0.39 is 0 Å². The molecule has 1 aliphatic rings. The quantitative estimate of drug-likeness (QED) is 0.749. The summed E-state index contributed by atoms with van der Waals surface area (Å²) in [5, 5.41) is 6.30. The maximum absolute atomic E-state index is 12.0. The van der Waals surface area contributed by atoms with Gasteiger partial charge in [0, 0.05) is 0 Å². The van der Waals surface area contributed by atoms with Gasteiger partial charge in [-0.2, -0.15) is 0 Å². The first-order chi connectivity index (χ1) is 9.47. The van der Waals surface area contributed by atoms with Crippen LogP contribution in [-0.2, 0) is 9.59 Å². The Morgan fingerprint density at radius 3 is 2.90 bits per heavy atom. The molecule has 0 spiro atoms. The summed E-state index contributed by atoms with van der Waals surface area (Å²) in [6.07, 6.45) is 0. The van der Waals surface area contributed by atoms with Crippen LogP contribution in [0.2, 0.25) is 10.0 Å². The van der Waals surface area contributed by atoms with Crippen LogP contribution in [0, 0.1) is 6.92 Å². The third-order valence-electron chi connectivity index (χ3n) is 3.17. The largest absolute Gasteiger partial charge is 0.346 e. The smallest absolute Gasteiger partial charge is 0.279 e. The Hall–Kier alpha value is -1.30. The van der Waals surface area contributed by atoms with Crippen molar-refractivity contribution in [3.8, 4) is 0 Å². The van der Waals surface area contributed by atoms with Crippen molar-refractivity contribution in [2.24, 2.45) is 0 Å². The van der Waals surface area contributed by atoms with Crippen LogP contribution in [0.25, 0.3) is 0 Å². The molecular weight excluding hydrogens is 301 g/mol. The maximum atomic E-state index is 12.0. The molecule has 1 fully saturated rings. The number of halogens is 2. The van der Waals surface area contributed by atoms with Crippen LogP contribution in [0.4, 0.5) is 5.69 Å². The monoisotopic (exact) mass is 316 g/mol. The van der Waals surface area contributed by atoms with Gasteiger partial charge in [0.15, 0.2) is 13.1 Å². The van der Waals surface area contributed by atoms with Crippen LogP contribution in [0.5, 0.6) is 0 Å². The lowest BCUT2D eigenvalue weighted by molar-refractivity contribution is -0.885. The van der Waals surface area contributed by atoms with Crippen LogP contribution >= 0.6 is 23.2 Å². The first kappa shape index (κ1) is 15.1. The Balaban J connectivity index is 2.01. The molecule has 1 aromatic carbocycles. The molecule has 3 N–H and O–H groups in total. The Kier molecular flexibility index (Phi) is 4.86. The molecule has 2 amide bonds. The van der Waals surface area contributed by atoms with Gasteiger partial charge >= 0.3 is 0 Å². The minimum atomic E-state index is -0.205. The minimum Gasteiger partial charge on any atom is -0.346 e. The summed E-state index contributed by atoms with van der Waals surface area (Å²) < 4.78 is 0. The van der Waals surface area contributed by atoms with Gasteiger partial charge in [-0.1, -0.05) is 29.3 Å². The van der Waals surface area contributed by atoms with Crippen LogP contribution in [0.15, 0.2) is 12.1 Å². The minimum absolute atomic E-state index is 0.0364. The summed E-state index contributed by atoms with van der Waals surface area (Å²) >= 11 is 12.2. The second-order valence-electron chi connectivity index (χ2n) is 4.80. The molecule has 1 unspecified atom stereocenters. The van der Waals surface area contributed by atoms with Crippen molar-refractivity contribution in [2.75, 3.05) is 31.5 Å². The molecule has 20 heavy (non-hydrogen) atoms. The van der Waals surface area contributed by atoms with Gasteiger partial charge in [-0.25, -0.2) is 0 Å². The summed E-state index contributed by atoms with van der Waals surface area (Å²) in [6.45, 7) is 3.69. The highest BCUT2D eigenvalue weighted by atomic mass is 35.5. The number of nitrogens with one attached hydrogen (secondary N) is 3. The van der Waals surface area contributed by atoms with E-state index in [4.69, 9.17) is 23.2 Å². The first-order valence-corrected chi connectivity index (χ1v) is 7.07. The van der Waals surface area contributed by atoms with Gasteiger partial charge in [-0.05, 0) is 18.6 Å². The fourth-order valence-corrected chi connectivity index (χ4v) is 2.55. The molecule has 1 saturated heterocycles. The predicted molar refractivity (Wildman–Crippen MR) is 78.4 cm³/mol. The maximum Gasteiger partial charge on any atom is 0.279 e. The molecule has 1 aliphatic heterocycles. The molecule has 1 aromatic rings. The van der Waals surface area contributed by atoms with E-state index in [2.05, 4.69) is 10.6 Å². The van der Waals surface area contributed by atoms with E-state index in [9.17, 15) is 9.59 Å². The molecule has 0 radical (unpaired) electrons. The number of hydrogen-bond acceptors (Lipinski definition) is 2. The molecule has 0 aromatic heterocycles. The van der Waals surface area contributed by atoms with E-state index in [1.165, 1.54) is 0 Å². The highest BCUT2D eigenvalue weighted by molar-refractivity contribution is 6.40. The molecule has 2 rings (SSSR count). The van der Waals surface area contributed by atoms with Gasteiger partial charge < -0.3 is 15.5 Å². The molecule has 108 valence electrons. The van der Waals surface area contributed by atoms with E-state index in [0.717, 1.165) is 17.0 Å². The zero-order valence-electron chi connectivity index (χ0n) is 11.1. The number of quaternary nitrogens is 1. The van der Waals surface area contributed by atoms with E-state index in [-0.39, 0.29) is 18.4 Å². The van der Waals surface area contributed by atoms with Crippen LogP contribution in [-0.4, -0.2) is 38.0 Å². The second-order valence-corrected chi connectivity index (χ2v) is 5.59. The Bertz CT molecular complexity index is 549. The number of aryl methyl sites for hydroxylation is 1. The number of piperazine rings is 1. The number of anilines is 1. The normalized spacial score (nSPS) is 18.6. The fraction of sp³-hybridized carbons (Fsp3) is 0.385. The fourth-order valence-electron chi connectivity index (χ4n) is 2.09.